The lowest BCUT2D eigenvalue weighted by Crippen LogP contribution is -2.08. The normalized spacial score (nSPS) is 11.0. The minimum Gasteiger partial charge on any atom is -0.359 e. The quantitative estimate of drug-likeness (QED) is 0.887. The molecule has 0 atom stereocenters. The van der Waals surface area contributed by atoms with Crippen molar-refractivity contribution < 1.29 is 0 Å². The monoisotopic (exact) mass is 236 g/mol. The Morgan fingerprint density at radius 3 is 2.94 bits per heavy atom. The third-order valence-electron chi connectivity index (χ3n) is 2.17. The number of hydrogen-bond acceptors (Lipinski definition) is 4. The smallest absolute Gasteiger partial charge is 0.183 e. The zero-order valence-electron chi connectivity index (χ0n) is 9.77. The van der Waals surface area contributed by atoms with Crippen LogP contribution in [0.4, 0.5) is 5.13 Å². The van der Waals surface area contributed by atoms with Crippen molar-refractivity contribution in [2.24, 2.45) is 0 Å². The molecule has 1 N–H and O–H groups in total. The van der Waals surface area contributed by atoms with Crippen LogP contribution in [0.3, 0.4) is 0 Å². The van der Waals surface area contributed by atoms with Gasteiger partial charge in [0.05, 0.1) is 11.9 Å². The Labute approximate surface area is 99.3 Å². The van der Waals surface area contributed by atoms with E-state index in [1.165, 1.54) is 0 Å². The Morgan fingerprint density at radius 1 is 1.50 bits per heavy atom. The lowest BCUT2D eigenvalue weighted by atomic mass is 10.3. The van der Waals surface area contributed by atoms with Crippen LogP contribution in [-0.4, -0.2) is 20.8 Å². The van der Waals surface area contributed by atoms with E-state index < -0.39 is 0 Å². The molecule has 2 aromatic heterocycles. The predicted octanol–water partition coefficient (Wildman–Crippen LogP) is 2.85. The first-order valence-electron chi connectivity index (χ1n) is 5.44. The molecule has 0 aliphatic rings. The Balaban J connectivity index is 2.17. The highest BCUT2D eigenvalue weighted by Crippen LogP contribution is 2.24. The van der Waals surface area contributed by atoms with E-state index in [1.54, 1.807) is 11.3 Å². The summed E-state index contributed by atoms with van der Waals surface area (Å²) >= 11 is 1.63. The highest BCUT2D eigenvalue weighted by molar-refractivity contribution is 7.14. The molecule has 0 saturated carbocycles. The van der Waals surface area contributed by atoms with Gasteiger partial charge in [-0.1, -0.05) is 0 Å². The Bertz CT molecular complexity index is 458. The Hall–Kier alpha value is -1.36. The second-order valence-corrected chi connectivity index (χ2v) is 4.78. The average molecular weight is 236 g/mol. The maximum absolute atomic E-state index is 4.52. The van der Waals surface area contributed by atoms with Crippen LogP contribution in [0.2, 0.25) is 0 Å². The van der Waals surface area contributed by atoms with Gasteiger partial charge in [-0.25, -0.2) is 4.98 Å². The van der Waals surface area contributed by atoms with Gasteiger partial charge < -0.3 is 5.32 Å². The molecule has 2 rings (SSSR count). The summed E-state index contributed by atoms with van der Waals surface area (Å²) in [5.41, 5.74) is 2.07. The highest BCUT2D eigenvalue weighted by atomic mass is 32.1. The first-order chi connectivity index (χ1) is 7.69. The van der Waals surface area contributed by atoms with Crippen LogP contribution in [-0.2, 0) is 6.54 Å². The van der Waals surface area contributed by atoms with Crippen molar-refractivity contribution in [3.05, 3.63) is 17.8 Å². The predicted molar refractivity (Wildman–Crippen MR) is 67.8 cm³/mol. The second kappa shape index (κ2) is 4.65. The van der Waals surface area contributed by atoms with Crippen molar-refractivity contribution in [2.45, 2.75) is 33.4 Å². The van der Waals surface area contributed by atoms with E-state index in [-0.39, 0.29) is 0 Å². The van der Waals surface area contributed by atoms with Crippen LogP contribution < -0.4 is 5.32 Å². The highest BCUT2D eigenvalue weighted by Gasteiger charge is 2.07. The van der Waals surface area contributed by atoms with Gasteiger partial charge in [0.1, 0.15) is 0 Å². The topological polar surface area (TPSA) is 42.7 Å². The van der Waals surface area contributed by atoms with E-state index in [4.69, 9.17) is 0 Å². The fourth-order valence-corrected chi connectivity index (χ4v) is 2.26. The average Bonchev–Trinajstić information content (AvgIpc) is 2.83. The lowest BCUT2D eigenvalue weighted by Gasteiger charge is -2.04. The SMILES string of the molecule is CCn1cc(-c2csc(NC(C)C)n2)cn1. The summed E-state index contributed by atoms with van der Waals surface area (Å²) in [5.74, 6) is 0. The molecule has 0 aliphatic carbocycles. The van der Waals surface area contributed by atoms with Crippen LogP contribution in [0.15, 0.2) is 17.8 Å². The van der Waals surface area contributed by atoms with Crippen molar-refractivity contribution in [2.75, 3.05) is 5.32 Å². The lowest BCUT2D eigenvalue weighted by molar-refractivity contribution is 0.660. The molecule has 16 heavy (non-hydrogen) atoms. The van der Waals surface area contributed by atoms with Crippen molar-refractivity contribution >= 4 is 16.5 Å². The Morgan fingerprint density at radius 2 is 2.31 bits per heavy atom. The molecule has 0 saturated heterocycles. The van der Waals surface area contributed by atoms with Gasteiger partial charge >= 0.3 is 0 Å². The number of anilines is 1. The molecule has 0 radical (unpaired) electrons. The summed E-state index contributed by atoms with van der Waals surface area (Å²) in [4.78, 5) is 4.52. The van der Waals surface area contributed by atoms with E-state index in [0.717, 1.165) is 22.9 Å². The van der Waals surface area contributed by atoms with Crippen LogP contribution in [0.25, 0.3) is 11.3 Å². The Kier molecular flexibility index (Phi) is 3.24. The third-order valence-corrected chi connectivity index (χ3v) is 2.94. The molecule has 4 nitrogen and oxygen atoms in total. The van der Waals surface area contributed by atoms with Crippen LogP contribution in [0.1, 0.15) is 20.8 Å². The standard InChI is InChI=1S/C11H16N4S/c1-4-15-6-9(5-12-15)10-7-16-11(14-10)13-8(2)3/h5-8H,4H2,1-3H3,(H,13,14). The van der Waals surface area contributed by atoms with Gasteiger partial charge in [0.25, 0.3) is 0 Å². The molecular weight excluding hydrogens is 220 g/mol. The summed E-state index contributed by atoms with van der Waals surface area (Å²) in [6.45, 7) is 7.18. The molecule has 2 aromatic rings. The molecule has 0 spiro atoms. The molecule has 86 valence electrons. The van der Waals surface area contributed by atoms with E-state index in [0.29, 0.717) is 6.04 Å². The number of thiazole rings is 1. The van der Waals surface area contributed by atoms with Crippen molar-refractivity contribution in [3.8, 4) is 11.3 Å². The number of aromatic nitrogens is 3. The van der Waals surface area contributed by atoms with Crippen molar-refractivity contribution in [1.82, 2.24) is 14.8 Å². The summed E-state index contributed by atoms with van der Waals surface area (Å²) in [6.07, 6.45) is 3.88. The summed E-state index contributed by atoms with van der Waals surface area (Å²) < 4.78 is 1.91. The molecule has 5 heteroatoms. The van der Waals surface area contributed by atoms with Gasteiger partial charge in [0, 0.05) is 29.7 Å². The zero-order valence-corrected chi connectivity index (χ0v) is 10.6. The summed E-state index contributed by atoms with van der Waals surface area (Å²) in [7, 11) is 0. The number of rotatable bonds is 4. The number of nitrogens with zero attached hydrogens (tertiary/aromatic N) is 3. The first kappa shape index (κ1) is 11.1. The second-order valence-electron chi connectivity index (χ2n) is 3.92. The molecule has 0 bridgehead atoms. The van der Waals surface area contributed by atoms with Gasteiger partial charge in [0.15, 0.2) is 5.13 Å². The maximum Gasteiger partial charge on any atom is 0.183 e. The van der Waals surface area contributed by atoms with Crippen LogP contribution >= 0.6 is 11.3 Å². The van der Waals surface area contributed by atoms with E-state index in [9.17, 15) is 0 Å². The van der Waals surface area contributed by atoms with Crippen molar-refractivity contribution in [3.63, 3.8) is 0 Å². The molecular formula is C11H16N4S. The molecule has 0 fully saturated rings. The van der Waals surface area contributed by atoms with Gasteiger partial charge in [0.2, 0.25) is 0 Å². The third kappa shape index (κ3) is 2.41. The molecule has 2 heterocycles. The molecule has 0 aliphatic heterocycles. The van der Waals surface area contributed by atoms with Crippen LogP contribution in [0.5, 0.6) is 0 Å². The number of aryl methyl sites for hydroxylation is 1. The fourth-order valence-electron chi connectivity index (χ4n) is 1.39. The van der Waals surface area contributed by atoms with E-state index in [2.05, 4.69) is 41.6 Å². The van der Waals surface area contributed by atoms with Gasteiger partial charge in [-0.2, -0.15) is 5.10 Å². The van der Waals surface area contributed by atoms with Gasteiger partial charge in [-0.15, -0.1) is 11.3 Å². The first-order valence-corrected chi connectivity index (χ1v) is 6.32. The fraction of sp³-hybridized carbons (Fsp3) is 0.455. The van der Waals surface area contributed by atoms with Gasteiger partial charge in [-0.05, 0) is 20.8 Å². The molecule has 0 aromatic carbocycles. The van der Waals surface area contributed by atoms with Crippen LogP contribution in [0, 0.1) is 0 Å². The van der Waals surface area contributed by atoms with E-state index in [1.807, 2.05) is 17.1 Å². The van der Waals surface area contributed by atoms with Crippen molar-refractivity contribution in [1.29, 1.82) is 0 Å². The summed E-state index contributed by atoms with van der Waals surface area (Å²) in [6, 6.07) is 0.414. The summed E-state index contributed by atoms with van der Waals surface area (Å²) in [5, 5.41) is 10.6. The molecule has 0 amide bonds. The van der Waals surface area contributed by atoms with E-state index >= 15 is 0 Å². The number of hydrogen-bond donors (Lipinski definition) is 1. The zero-order chi connectivity index (χ0) is 11.5. The number of nitrogens with one attached hydrogen (secondary N) is 1. The largest absolute Gasteiger partial charge is 0.359 e. The van der Waals surface area contributed by atoms with Gasteiger partial charge in [-0.3, -0.25) is 4.68 Å². The minimum atomic E-state index is 0.414. The maximum atomic E-state index is 4.52. The minimum absolute atomic E-state index is 0.414. The molecule has 0 unspecified atom stereocenters.